The smallest absolute Gasteiger partial charge is 0.374 e. The Hall–Kier alpha value is -3.13. The van der Waals surface area contributed by atoms with Crippen LogP contribution in [-0.2, 0) is 22.1 Å². The first-order valence-corrected chi connectivity index (χ1v) is 10.6. The van der Waals surface area contributed by atoms with Crippen LogP contribution >= 0.6 is 0 Å². The van der Waals surface area contributed by atoms with Gasteiger partial charge in [-0.15, -0.1) is 0 Å². The lowest BCUT2D eigenvalue weighted by Crippen LogP contribution is -2.37. The van der Waals surface area contributed by atoms with Gasteiger partial charge >= 0.3 is 6.18 Å². The van der Waals surface area contributed by atoms with Gasteiger partial charge in [-0.25, -0.2) is 4.98 Å². The first kappa shape index (κ1) is 20.8. The van der Waals surface area contributed by atoms with Gasteiger partial charge in [-0.05, 0) is 60.9 Å². The predicted octanol–water partition coefficient (Wildman–Crippen LogP) is 4.80. The quantitative estimate of drug-likeness (QED) is 0.618. The minimum Gasteiger partial charge on any atom is -0.374 e. The lowest BCUT2D eigenvalue weighted by atomic mass is 10.1. The average Bonchev–Trinajstić information content (AvgIpc) is 3.41. The summed E-state index contributed by atoms with van der Waals surface area (Å²) in [6.07, 6.45) is -2.45. The van der Waals surface area contributed by atoms with Gasteiger partial charge in [0, 0.05) is 24.0 Å². The van der Waals surface area contributed by atoms with Crippen LogP contribution in [-0.4, -0.2) is 36.2 Å². The van der Waals surface area contributed by atoms with Gasteiger partial charge in [-0.3, -0.25) is 4.79 Å². The Morgan fingerprint density at radius 2 is 1.94 bits per heavy atom. The predicted molar refractivity (Wildman–Crippen MR) is 116 cm³/mol. The number of aryl methyl sites for hydroxylation is 1. The molecule has 0 radical (unpaired) electrons. The van der Waals surface area contributed by atoms with E-state index in [1.165, 1.54) is 12.1 Å². The summed E-state index contributed by atoms with van der Waals surface area (Å²) in [5.74, 6) is 0.753. The number of fused-ring (bicyclic) bond motifs is 3. The summed E-state index contributed by atoms with van der Waals surface area (Å²) < 4.78 is 43.6. The van der Waals surface area contributed by atoms with Gasteiger partial charge in [-0.2, -0.15) is 13.2 Å². The lowest BCUT2D eigenvalue weighted by molar-refractivity contribution is -0.137. The summed E-state index contributed by atoms with van der Waals surface area (Å²) in [5.41, 5.74) is 1.51. The molecule has 166 valence electrons. The molecule has 2 aliphatic heterocycles. The fraction of sp³-hybridized carbons (Fsp3) is 0.333. The number of pyridine rings is 1. The van der Waals surface area contributed by atoms with Gasteiger partial charge in [0.25, 0.3) is 0 Å². The third-order valence-corrected chi connectivity index (χ3v) is 6.07. The van der Waals surface area contributed by atoms with Crippen LogP contribution in [0.5, 0.6) is 0 Å². The van der Waals surface area contributed by atoms with Crippen molar-refractivity contribution in [3.8, 4) is 0 Å². The van der Waals surface area contributed by atoms with Crippen LogP contribution in [0.1, 0.15) is 24.0 Å². The van der Waals surface area contributed by atoms with Gasteiger partial charge in [-0.1, -0.05) is 12.1 Å². The van der Waals surface area contributed by atoms with Crippen molar-refractivity contribution >= 4 is 28.3 Å². The summed E-state index contributed by atoms with van der Waals surface area (Å²) in [5, 5.41) is 3.78. The van der Waals surface area contributed by atoms with Crippen LogP contribution in [0.4, 0.5) is 24.7 Å². The van der Waals surface area contributed by atoms with E-state index < -0.39 is 11.7 Å². The summed E-state index contributed by atoms with van der Waals surface area (Å²) in [4.78, 5) is 19.4. The van der Waals surface area contributed by atoms with E-state index in [4.69, 9.17) is 9.72 Å². The van der Waals surface area contributed by atoms with E-state index >= 15 is 0 Å². The third kappa shape index (κ3) is 4.27. The highest BCUT2D eigenvalue weighted by molar-refractivity contribution is 5.94. The molecule has 0 spiro atoms. The molecule has 1 aromatic heterocycles. The maximum absolute atomic E-state index is 12.6. The van der Waals surface area contributed by atoms with E-state index in [0.717, 1.165) is 48.4 Å². The lowest BCUT2D eigenvalue weighted by Gasteiger charge is -2.28. The zero-order valence-electron chi connectivity index (χ0n) is 17.2. The molecule has 8 heteroatoms. The van der Waals surface area contributed by atoms with Crippen molar-refractivity contribution in [1.29, 1.82) is 0 Å². The van der Waals surface area contributed by atoms with Crippen molar-refractivity contribution in [3.63, 3.8) is 0 Å². The molecule has 1 N–H and O–H groups in total. The molecule has 1 amide bonds. The van der Waals surface area contributed by atoms with E-state index in [-0.39, 0.29) is 12.3 Å². The Labute approximate surface area is 183 Å². The number of morpholine rings is 1. The Morgan fingerprint density at radius 1 is 1.12 bits per heavy atom. The number of ether oxygens (including phenoxy) is 1. The maximum atomic E-state index is 12.6. The van der Waals surface area contributed by atoms with Crippen LogP contribution in [0, 0.1) is 0 Å². The molecule has 2 unspecified atom stereocenters. The molecule has 2 saturated heterocycles. The third-order valence-electron chi connectivity index (χ3n) is 6.07. The van der Waals surface area contributed by atoms with Gasteiger partial charge < -0.3 is 15.0 Å². The first-order valence-electron chi connectivity index (χ1n) is 10.6. The van der Waals surface area contributed by atoms with Gasteiger partial charge in [0.05, 0.1) is 29.8 Å². The summed E-state index contributed by atoms with van der Waals surface area (Å²) in [7, 11) is 0. The highest BCUT2D eigenvalue weighted by atomic mass is 19.4. The highest BCUT2D eigenvalue weighted by Crippen LogP contribution is 2.33. The number of nitrogens with one attached hydrogen (secondary N) is 1. The molecule has 3 heterocycles. The molecule has 2 atom stereocenters. The molecular weight excluding hydrogens is 419 g/mol. The van der Waals surface area contributed by atoms with Gasteiger partial charge in [0.2, 0.25) is 5.91 Å². The molecule has 0 saturated carbocycles. The number of alkyl halides is 3. The molecular formula is C24H22F3N3O2. The monoisotopic (exact) mass is 441 g/mol. The summed E-state index contributed by atoms with van der Waals surface area (Å²) >= 11 is 0. The number of aromatic nitrogens is 1. The van der Waals surface area contributed by atoms with E-state index in [9.17, 15) is 18.0 Å². The van der Waals surface area contributed by atoms with E-state index in [0.29, 0.717) is 29.8 Å². The Kier molecular flexibility index (Phi) is 5.25. The average molecular weight is 441 g/mol. The van der Waals surface area contributed by atoms with Crippen molar-refractivity contribution in [3.05, 3.63) is 65.7 Å². The SMILES string of the molecule is O=C(CCc1ccc(C(F)(F)F)cc1)Nc1ccc2nc(N3CC4CC3CO4)ccc2c1. The zero-order chi connectivity index (χ0) is 22.3. The Bertz CT molecular complexity index is 1150. The number of carbonyl (C=O) groups excluding carboxylic acids is 1. The molecule has 3 aromatic rings. The van der Waals surface area contributed by atoms with Crippen LogP contribution in [0.15, 0.2) is 54.6 Å². The highest BCUT2D eigenvalue weighted by Gasteiger charge is 2.39. The molecule has 5 rings (SSSR count). The molecule has 0 aliphatic carbocycles. The number of amides is 1. The van der Waals surface area contributed by atoms with Crippen molar-refractivity contribution in [2.45, 2.75) is 37.6 Å². The van der Waals surface area contributed by atoms with Crippen LogP contribution in [0.3, 0.4) is 0 Å². The van der Waals surface area contributed by atoms with Gasteiger partial charge in [0.15, 0.2) is 0 Å². The van der Waals surface area contributed by atoms with Crippen LogP contribution < -0.4 is 10.2 Å². The number of carbonyl (C=O) groups is 1. The molecule has 2 bridgehead atoms. The second-order valence-electron chi connectivity index (χ2n) is 8.32. The van der Waals surface area contributed by atoms with Crippen molar-refractivity contribution in [2.24, 2.45) is 0 Å². The number of nitrogens with zero attached hydrogens (tertiary/aromatic N) is 2. The standard InChI is InChI=1S/C24H22F3N3O2/c25-24(26,27)17-5-1-15(2-6-17)3-10-23(31)28-18-7-8-21-16(11-18)4-9-22(29-21)30-13-20-12-19(30)14-32-20/h1-2,4-9,11,19-20H,3,10,12-14H2,(H,28,31). The van der Waals surface area contributed by atoms with E-state index in [1.807, 2.05) is 30.3 Å². The topological polar surface area (TPSA) is 54.5 Å². The van der Waals surface area contributed by atoms with Crippen molar-refractivity contribution < 1.29 is 22.7 Å². The van der Waals surface area contributed by atoms with Crippen molar-refractivity contribution in [1.82, 2.24) is 4.98 Å². The molecule has 32 heavy (non-hydrogen) atoms. The minimum atomic E-state index is -4.36. The molecule has 2 fully saturated rings. The second-order valence-corrected chi connectivity index (χ2v) is 8.32. The number of hydrogen-bond donors (Lipinski definition) is 1. The summed E-state index contributed by atoms with van der Waals surface area (Å²) in [6, 6.07) is 14.9. The molecule has 2 aromatic carbocycles. The zero-order valence-corrected chi connectivity index (χ0v) is 17.2. The van der Waals surface area contributed by atoms with Crippen LogP contribution in [0.25, 0.3) is 10.9 Å². The molecule has 5 nitrogen and oxygen atoms in total. The van der Waals surface area contributed by atoms with E-state index in [1.54, 1.807) is 0 Å². The largest absolute Gasteiger partial charge is 0.416 e. The minimum absolute atomic E-state index is 0.181. The number of benzene rings is 2. The maximum Gasteiger partial charge on any atom is 0.416 e. The summed E-state index contributed by atoms with van der Waals surface area (Å²) in [6.45, 7) is 1.62. The number of halogens is 3. The first-order chi connectivity index (χ1) is 15.3. The van der Waals surface area contributed by atoms with Gasteiger partial charge in [0.1, 0.15) is 5.82 Å². The number of anilines is 2. The van der Waals surface area contributed by atoms with Crippen LogP contribution in [0.2, 0.25) is 0 Å². The normalized spacial score (nSPS) is 20.2. The number of rotatable bonds is 5. The second kappa shape index (κ2) is 8.09. The number of hydrogen-bond acceptors (Lipinski definition) is 4. The fourth-order valence-electron chi connectivity index (χ4n) is 4.37. The van der Waals surface area contributed by atoms with Crippen molar-refractivity contribution in [2.75, 3.05) is 23.4 Å². The molecule has 2 aliphatic rings. The Morgan fingerprint density at radius 3 is 2.62 bits per heavy atom. The van der Waals surface area contributed by atoms with E-state index in [2.05, 4.69) is 10.2 Å². The Balaban J connectivity index is 1.20. The fourth-order valence-corrected chi connectivity index (χ4v) is 4.37.